The van der Waals surface area contributed by atoms with E-state index >= 15 is 0 Å². The molecule has 1 saturated carbocycles. The van der Waals surface area contributed by atoms with Crippen LogP contribution in [0.2, 0.25) is 0 Å². The summed E-state index contributed by atoms with van der Waals surface area (Å²) in [4.78, 5) is 22.9. The number of carbonyl (C=O) groups excluding carboxylic acids is 2. The summed E-state index contributed by atoms with van der Waals surface area (Å²) < 4.78 is 0. The van der Waals surface area contributed by atoms with Gasteiger partial charge in [0.2, 0.25) is 0 Å². The Morgan fingerprint density at radius 2 is 2.06 bits per heavy atom. The van der Waals surface area contributed by atoms with E-state index in [-0.39, 0.29) is 22.9 Å². The van der Waals surface area contributed by atoms with Gasteiger partial charge in [-0.1, -0.05) is 18.6 Å². The zero-order valence-corrected chi connectivity index (χ0v) is 10.2. The van der Waals surface area contributed by atoms with Gasteiger partial charge in [0.05, 0.1) is 0 Å². The van der Waals surface area contributed by atoms with Crippen molar-refractivity contribution >= 4 is 11.6 Å². The Hall–Kier alpha value is -1.18. The average Bonchev–Trinajstić information content (AvgIpc) is 2.92. The molecule has 0 spiro atoms. The van der Waals surface area contributed by atoms with Crippen molar-refractivity contribution in [1.82, 2.24) is 0 Å². The Morgan fingerprint density at radius 1 is 1.44 bits per heavy atom. The molecule has 0 aromatic rings. The van der Waals surface area contributed by atoms with Crippen LogP contribution in [0.15, 0.2) is 23.3 Å². The van der Waals surface area contributed by atoms with E-state index in [2.05, 4.69) is 6.08 Å². The third-order valence-electron chi connectivity index (χ3n) is 3.94. The Kier molecular flexibility index (Phi) is 2.61. The Morgan fingerprint density at radius 3 is 2.44 bits per heavy atom. The summed E-state index contributed by atoms with van der Waals surface area (Å²) in [6.07, 6.45) is 6.55. The van der Waals surface area contributed by atoms with E-state index in [1.807, 2.05) is 13.8 Å². The van der Waals surface area contributed by atoms with Crippen LogP contribution in [-0.2, 0) is 9.59 Å². The fourth-order valence-electron chi connectivity index (χ4n) is 2.50. The van der Waals surface area contributed by atoms with Crippen LogP contribution < -0.4 is 0 Å². The van der Waals surface area contributed by atoms with Crippen LogP contribution in [-0.4, -0.2) is 11.6 Å². The summed E-state index contributed by atoms with van der Waals surface area (Å²) in [5.74, 6) is 0.595. The molecule has 1 atom stereocenters. The first-order chi connectivity index (χ1) is 7.45. The van der Waals surface area contributed by atoms with Gasteiger partial charge in [-0.25, -0.2) is 0 Å². The maximum atomic E-state index is 11.5. The number of carbonyl (C=O) groups is 2. The molecule has 2 heteroatoms. The van der Waals surface area contributed by atoms with Gasteiger partial charge >= 0.3 is 0 Å². The summed E-state index contributed by atoms with van der Waals surface area (Å²) in [5, 5.41) is 0. The van der Waals surface area contributed by atoms with Gasteiger partial charge in [-0.15, -0.1) is 0 Å². The predicted octanol–water partition coefficient (Wildman–Crippen LogP) is 2.84. The highest BCUT2D eigenvalue weighted by molar-refractivity contribution is 5.95. The largest absolute Gasteiger partial charge is 0.299 e. The maximum absolute atomic E-state index is 11.5. The monoisotopic (exact) mass is 218 g/mol. The minimum Gasteiger partial charge on any atom is -0.299 e. The molecule has 0 N–H and O–H groups in total. The molecule has 0 radical (unpaired) electrons. The van der Waals surface area contributed by atoms with Gasteiger partial charge in [0.1, 0.15) is 5.78 Å². The van der Waals surface area contributed by atoms with Gasteiger partial charge in [0, 0.05) is 11.3 Å². The lowest BCUT2D eigenvalue weighted by Crippen LogP contribution is -2.13. The van der Waals surface area contributed by atoms with Gasteiger partial charge in [-0.2, -0.15) is 0 Å². The van der Waals surface area contributed by atoms with Crippen LogP contribution in [0, 0.1) is 11.3 Å². The van der Waals surface area contributed by atoms with E-state index in [0.717, 1.165) is 30.4 Å². The molecule has 1 unspecified atom stereocenters. The van der Waals surface area contributed by atoms with Crippen molar-refractivity contribution < 1.29 is 9.59 Å². The van der Waals surface area contributed by atoms with Crippen LogP contribution in [0.1, 0.15) is 40.0 Å². The van der Waals surface area contributed by atoms with E-state index in [1.54, 1.807) is 13.0 Å². The molecule has 0 heterocycles. The van der Waals surface area contributed by atoms with Crippen LogP contribution in [0.4, 0.5) is 0 Å². The van der Waals surface area contributed by atoms with Crippen molar-refractivity contribution in [3.8, 4) is 0 Å². The van der Waals surface area contributed by atoms with Gasteiger partial charge in [-0.3, -0.25) is 9.59 Å². The van der Waals surface area contributed by atoms with Crippen LogP contribution in [0.5, 0.6) is 0 Å². The van der Waals surface area contributed by atoms with Crippen LogP contribution in [0.25, 0.3) is 0 Å². The Labute approximate surface area is 96.4 Å². The lowest BCUT2D eigenvalue weighted by atomic mass is 9.91. The van der Waals surface area contributed by atoms with E-state index < -0.39 is 0 Å². The Balaban J connectivity index is 2.17. The van der Waals surface area contributed by atoms with Gasteiger partial charge in [0.15, 0.2) is 5.78 Å². The van der Waals surface area contributed by atoms with Crippen molar-refractivity contribution in [2.45, 2.75) is 40.0 Å². The fourth-order valence-corrected chi connectivity index (χ4v) is 2.50. The molecule has 2 rings (SSSR count). The number of Topliss-reactive ketones (excluding diaryl/α,β-unsaturated/α-hetero) is 1. The molecule has 0 aliphatic heterocycles. The van der Waals surface area contributed by atoms with Gasteiger partial charge < -0.3 is 0 Å². The number of ketones is 2. The summed E-state index contributed by atoms with van der Waals surface area (Å²) in [7, 11) is 0. The number of allylic oxidation sites excluding steroid dienone is 4. The summed E-state index contributed by atoms with van der Waals surface area (Å²) in [6, 6.07) is 0. The van der Waals surface area contributed by atoms with E-state index in [1.165, 1.54) is 0 Å². The molecular formula is C14H18O2. The highest BCUT2D eigenvalue weighted by atomic mass is 16.1. The normalized spacial score (nSPS) is 27.9. The molecule has 0 saturated heterocycles. The molecule has 86 valence electrons. The molecule has 0 bridgehead atoms. The predicted molar refractivity (Wildman–Crippen MR) is 63.0 cm³/mol. The van der Waals surface area contributed by atoms with Crippen molar-refractivity contribution in [3.63, 3.8) is 0 Å². The van der Waals surface area contributed by atoms with Crippen LogP contribution in [0.3, 0.4) is 0 Å². The molecule has 2 nitrogen and oxygen atoms in total. The first kappa shape index (κ1) is 11.3. The highest BCUT2D eigenvalue weighted by Gasteiger charge is 2.48. The maximum Gasteiger partial charge on any atom is 0.159 e. The van der Waals surface area contributed by atoms with E-state index in [0.29, 0.717) is 0 Å². The molecule has 1 fully saturated rings. The minimum absolute atomic E-state index is 0.117. The van der Waals surface area contributed by atoms with Crippen molar-refractivity contribution in [1.29, 1.82) is 0 Å². The van der Waals surface area contributed by atoms with Gasteiger partial charge in [0.25, 0.3) is 0 Å². The third-order valence-corrected chi connectivity index (χ3v) is 3.94. The molecule has 16 heavy (non-hydrogen) atoms. The van der Waals surface area contributed by atoms with Crippen molar-refractivity contribution in [2.75, 3.05) is 0 Å². The smallest absolute Gasteiger partial charge is 0.159 e. The summed E-state index contributed by atoms with van der Waals surface area (Å²) in [6.45, 7) is 5.64. The first-order valence-electron chi connectivity index (χ1n) is 5.90. The molecular weight excluding hydrogens is 200 g/mol. The third kappa shape index (κ3) is 1.77. The van der Waals surface area contributed by atoms with Crippen molar-refractivity contribution in [2.24, 2.45) is 11.3 Å². The minimum atomic E-state index is -0.185. The standard InChI is InChI=1S/C14H18O2/c1-9-6-12(8-13(9)16)7-10(2)14(4-5-14)11(3)15/h7-9H,4-6H2,1-3H3/b10-7+. The number of hydrogen-bond acceptors (Lipinski definition) is 2. The van der Waals surface area contributed by atoms with E-state index in [9.17, 15) is 9.59 Å². The highest BCUT2D eigenvalue weighted by Crippen LogP contribution is 2.52. The lowest BCUT2D eigenvalue weighted by molar-refractivity contribution is -0.120. The molecule has 0 amide bonds. The quantitative estimate of drug-likeness (QED) is 0.730. The summed E-state index contributed by atoms with van der Waals surface area (Å²) >= 11 is 0. The molecule has 2 aliphatic carbocycles. The zero-order chi connectivity index (χ0) is 11.9. The molecule has 0 aromatic carbocycles. The SMILES string of the molecule is CC(=O)C1(/C(C)=C/C2=CC(=O)C(C)C2)CC1. The van der Waals surface area contributed by atoms with Gasteiger partial charge in [-0.05, 0) is 44.8 Å². The Bertz CT molecular complexity index is 408. The number of hydrogen-bond donors (Lipinski definition) is 0. The van der Waals surface area contributed by atoms with Crippen molar-refractivity contribution in [3.05, 3.63) is 23.3 Å². The summed E-state index contributed by atoms with van der Waals surface area (Å²) in [5.41, 5.74) is 2.03. The first-order valence-corrected chi connectivity index (χ1v) is 5.90. The second-order valence-corrected chi connectivity index (χ2v) is 5.19. The topological polar surface area (TPSA) is 34.1 Å². The van der Waals surface area contributed by atoms with Crippen LogP contribution >= 0.6 is 0 Å². The molecule has 0 aromatic heterocycles. The number of rotatable bonds is 3. The molecule has 2 aliphatic rings. The average molecular weight is 218 g/mol. The zero-order valence-electron chi connectivity index (χ0n) is 10.2. The second kappa shape index (κ2) is 3.69. The second-order valence-electron chi connectivity index (χ2n) is 5.19. The fraction of sp³-hybridized carbons (Fsp3) is 0.571. The van der Waals surface area contributed by atoms with E-state index in [4.69, 9.17) is 0 Å². The lowest BCUT2D eigenvalue weighted by Gasteiger charge is -2.12.